The summed E-state index contributed by atoms with van der Waals surface area (Å²) in [5.41, 5.74) is 3.01. The van der Waals surface area contributed by atoms with Crippen molar-refractivity contribution in [2.45, 2.75) is 62.8 Å². The van der Waals surface area contributed by atoms with E-state index in [1.165, 1.54) is 6.07 Å². The number of benzene rings is 1. The van der Waals surface area contributed by atoms with Gasteiger partial charge in [-0.05, 0) is 56.5 Å². The Labute approximate surface area is 211 Å². The number of nitrogens with zero attached hydrogens (tertiary/aromatic N) is 3. The summed E-state index contributed by atoms with van der Waals surface area (Å²) in [6.07, 6.45) is 2.40. The number of pyridine rings is 2. The van der Waals surface area contributed by atoms with Crippen LogP contribution in [0.2, 0.25) is 0 Å². The first-order valence-electron chi connectivity index (χ1n) is 12.5. The van der Waals surface area contributed by atoms with Crippen LogP contribution in [0.4, 0.5) is 4.39 Å². The molecule has 0 saturated carbocycles. The van der Waals surface area contributed by atoms with Crippen LogP contribution in [-0.2, 0) is 28.3 Å². The van der Waals surface area contributed by atoms with Gasteiger partial charge in [-0.2, -0.15) is 0 Å². The van der Waals surface area contributed by atoms with Crippen LogP contribution in [0.3, 0.4) is 0 Å². The summed E-state index contributed by atoms with van der Waals surface area (Å²) in [6.45, 7) is 5.75. The normalized spacial score (nSPS) is 24.6. The van der Waals surface area contributed by atoms with Gasteiger partial charge in [-0.1, -0.05) is 6.92 Å². The van der Waals surface area contributed by atoms with Gasteiger partial charge in [-0.15, -0.1) is 11.8 Å². The quantitative estimate of drug-likeness (QED) is 0.414. The highest BCUT2D eigenvalue weighted by atomic mass is 32.2. The molecule has 0 bridgehead atoms. The molecule has 1 unspecified atom stereocenters. The molecule has 0 aliphatic carbocycles. The highest BCUT2D eigenvalue weighted by molar-refractivity contribution is 7.99. The number of halogens is 1. The second-order valence-electron chi connectivity index (χ2n) is 10.2. The van der Waals surface area contributed by atoms with E-state index in [-0.39, 0.29) is 30.4 Å². The zero-order valence-corrected chi connectivity index (χ0v) is 21.0. The first-order chi connectivity index (χ1) is 17.3. The molecule has 0 radical (unpaired) electrons. The number of fused-ring (bicyclic) bond motifs is 5. The highest BCUT2D eigenvalue weighted by Crippen LogP contribution is 2.50. The average molecular weight is 508 g/mol. The molecule has 1 N–H and O–H groups in total. The fourth-order valence-electron chi connectivity index (χ4n) is 6.45. The summed E-state index contributed by atoms with van der Waals surface area (Å²) in [7, 11) is 0. The lowest BCUT2D eigenvalue weighted by molar-refractivity contribution is -0.172. The van der Waals surface area contributed by atoms with Crippen molar-refractivity contribution in [1.29, 1.82) is 0 Å². The minimum Gasteiger partial charge on any atom is -0.458 e. The van der Waals surface area contributed by atoms with Gasteiger partial charge in [0.05, 0.1) is 29.0 Å². The van der Waals surface area contributed by atoms with Gasteiger partial charge < -0.3 is 14.4 Å². The van der Waals surface area contributed by atoms with Gasteiger partial charge in [-0.25, -0.2) is 14.2 Å². The minimum atomic E-state index is -1.87. The third-order valence-electron chi connectivity index (χ3n) is 8.46. The molecule has 0 amide bonds. The molecule has 0 spiro atoms. The van der Waals surface area contributed by atoms with Gasteiger partial charge >= 0.3 is 5.97 Å². The molecular formula is C27H26FN3O4S. The van der Waals surface area contributed by atoms with Gasteiger partial charge in [0, 0.05) is 39.3 Å². The monoisotopic (exact) mass is 507 g/mol. The van der Waals surface area contributed by atoms with Crippen molar-refractivity contribution in [3.63, 3.8) is 0 Å². The minimum absolute atomic E-state index is 0.0904. The summed E-state index contributed by atoms with van der Waals surface area (Å²) in [5.74, 6) is -0.204. The molecule has 9 heteroatoms. The van der Waals surface area contributed by atoms with Crippen molar-refractivity contribution in [1.82, 2.24) is 14.5 Å². The Kier molecular flexibility index (Phi) is 4.76. The number of rotatable bonds is 2. The molecule has 36 heavy (non-hydrogen) atoms. The first kappa shape index (κ1) is 22.4. The van der Waals surface area contributed by atoms with Crippen molar-refractivity contribution >= 4 is 28.6 Å². The van der Waals surface area contributed by atoms with Gasteiger partial charge in [0.25, 0.3) is 5.56 Å². The molecule has 7 nitrogen and oxygen atoms in total. The summed E-state index contributed by atoms with van der Waals surface area (Å²) >= 11 is 1.70. The van der Waals surface area contributed by atoms with Crippen LogP contribution in [0.1, 0.15) is 60.0 Å². The molecule has 7 rings (SSSR count). The predicted molar refractivity (Wildman–Crippen MR) is 133 cm³/mol. The lowest BCUT2D eigenvalue weighted by Crippen LogP contribution is -2.44. The zero-order valence-electron chi connectivity index (χ0n) is 20.2. The molecule has 1 aromatic carbocycles. The van der Waals surface area contributed by atoms with E-state index in [2.05, 4.69) is 4.90 Å². The molecule has 6 heterocycles. The Morgan fingerprint density at radius 3 is 2.78 bits per heavy atom. The Morgan fingerprint density at radius 2 is 2.03 bits per heavy atom. The van der Waals surface area contributed by atoms with Gasteiger partial charge in [0.2, 0.25) is 0 Å². The molecule has 3 aromatic rings. The van der Waals surface area contributed by atoms with Crippen molar-refractivity contribution in [2.75, 3.05) is 18.8 Å². The predicted octanol–water partition coefficient (Wildman–Crippen LogP) is 3.77. The van der Waals surface area contributed by atoms with E-state index >= 15 is 0 Å². The zero-order chi connectivity index (χ0) is 24.9. The number of hydrogen-bond donors (Lipinski definition) is 1. The summed E-state index contributed by atoms with van der Waals surface area (Å²) in [6, 6.07) is 3.39. The van der Waals surface area contributed by atoms with Crippen LogP contribution < -0.4 is 5.56 Å². The number of likely N-dealkylation sites (tertiary alicyclic amines) is 1. The second kappa shape index (κ2) is 7.63. The van der Waals surface area contributed by atoms with Crippen LogP contribution in [0.25, 0.3) is 22.3 Å². The molecule has 2 atom stereocenters. The van der Waals surface area contributed by atoms with E-state index in [9.17, 15) is 19.1 Å². The van der Waals surface area contributed by atoms with Crippen LogP contribution in [0.5, 0.6) is 0 Å². The average Bonchev–Trinajstić information content (AvgIpc) is 3.54. The fraction of sp³-hybridized carbons (Fsp3) is 0.444. The molecule has 1 saturated heterocycles. The van der Waals surface area contributed by atoms with Gasteiger partial charge in [0.1, 0.15) is 12.4 Å². The third-order valence-corrected chi connectivity index (χ3v) is 9.74. The molecule has 1 fully saturated rings. The Morgan fingerprint density at radius 1 is 1.25 bits per heavy atom. The maximum atomic E-state index is 15.0. The van der Waals surface area contributed by atoms with Crippen molar-refractivity contribution in [3.8, 4) is 11.4 Å². The van der Waals surface area contributed by atoms with Crippen LogP contribution in [0.15, 0.2) is 21.8 Å². The van der Waals surface area contributed by atoms with E-state index in [1.54, 1.807) is 29.3 Å². The number of hydrogen-bond acceptors (Lipinski definition) is 7. The number of aliphatic hydroxyl groups is 1. The van der Waals surface area contributed by atoms with E-state index in [1.807, 2.05) is 6.92 Å². The lowest BCUT2D eigenvalue weighted by atomic mass is 9.86. The summed E-state index contributed by atoms with van der Waals surface area (Å²) < 4.78 is 21.9. The maximum Gasteiger partial charge on any atom is 0.343 e. The summed E-state index contributed by atoms with van der Waals surface area (Å²) in [5, 5.41) is 12.2. The first-order valence-corrected chi connectivity index (χ1v) is 13.5. The van der Waals surface area contributed by atoms with Crippen molar-refractivity contribution in [2.24, 2.45) is 0 Å². The largest absolute Gasteiger partial charge is 0.458 e. The number of carbonyl (C=O) groups is 1. The van der Waals surface area contributed by atoms with E-state index < -0.39 is 11.6 Å². The summed E-state index contributed by atoms with van der Waals surface area (Å²) in [4.78, 5) is 34.5. The van der Waals surface area contributed by atoms with Gasteiger partial charge in [-0.3, -0.25) is 9.69 Å². The number of cyclic esters (lactones) is 1. The van der Waals surface area contributed by atoms with E-state index in [0.29, 0.717) is 40.1 Å². The van der Waals surface area contributed by atoms with Crippen molar-refractivity contribution in [3.05, 3.63) is 56.1 Å². The highest BCUT2D eigenvalue weighted by Gasteiger charge is 2.46. The number of esters is 1. The number of thioether (sulfide) groups is 1. The topological polar surface area (TPSA) is 84.7 Å². The number of ether oxygens (including phenoxy) is 1. The number of aromatic nitrogens is 2. The Bertz CT molecular complexity index is 1560. The molecule has 4 aliphatic rings. The molecular weight excluding hydrogens is 481 g/mol. The second-order valence-corrected chi connectivity index (χ2v) is 11.3. The smallest absolute Gasteiger partial charge is 0.343 e. The maximum absolute atomic E-state index is 15.0. The van der Waals surface area contributed by atoms with Crippen LogP contribution in [0, 0.1) is 12.7 Å². The fourth-order valence-corrected chi connectivity index (χ4v) is 7.82. The molecule has 2 aromatic heterocycles. The van der Waals surface area contributed by atoms with Crippen LogP contribution >= 0.6 is 11.8 Å². The molecule has 186 valence electrons. The Balaban J connectivity index is 1.54. The number of carbonyl (C=O) groups excluding carboxylic acids is 1. The van der Waals surface area contributed by atoms with Gasteiger partial charge in [0.15, 0.2) is 5.60 Å². The van der Waals surface area contributed by atoms with Crippen LogP contribution in [-0.4, -0.2) is 44.4 Å². The third kappa shape index (κ3) is 2.79. The van der Waals surface area contributed by atoms with Crippen molar-refractivity contribution < 1.29 is 19.0 Å². The van der Waals surface area contributed by atoms with E-state index in [4.69, 9.17) is 9.72 Å². The Hall–Kier alpha value is -2.75. The van der Waals surface area contributed by atoms with E-state index in [0.717, 1.165) is 53.1 Å². The SMILES string of the molecule is CC[C@@]1(O)C(=O)OCc2c1cc1n(c2=O)Cc2c-1nc1cc(F)c(C)c3c1c2C(N1CCCC1)CS3. The molecule has 4 aliphatic heterocycles. The lowest BCUT2D eigenvalue weighted by Gasteiger charge is -2.34. The standard InChI is InChI=1S/C27H26FN3O4S/c1-3-27(34)16-8-19-23-14(10-31(19)25(32)15(16)11-35-26(27)33)21-20(30-6-4-5-7-30)12-36-24-13(2)17(28)9-18(29-23)22(21)24/h8-9,20,34H,3-7,10-12H2,1-2H3/t20?,27-/m0/s1.